The lowest BCUT2D eigenvalue weighted by Gasteiger charge is -2.11. The summed E-state index contributed by atoms with van der Waals surface area (Å²) in [4.78, 5) is 0.0144. The van der Waals surface area contributed by atoms with Crippen molar-refractivity contribution in [3.05, 3.63) is 126 Å². The molecule has 6 rings (SSSR count). The van der Waals surface area contributed by atoms with Crippen molar-refractivity contribution in [1.29, 1.82) is 15.9 Å². The summed E-state index contributed by atoms with van der Waals surface area (Å²) in [5.74, 6) is -0.224. The minimum absolute atomic E-state index is 0.0144. The Morgan fingerprint density at radius 3 is 1.63 bits per heavy atom. The van der Waals surface area contributed by atoms with Crippen molar-refractivity contribution in [2.75, 3.05) is 0 Å². The van der Waals surface area contributed by atoms with Crippen LogP contribution in [0.1, 0.15) is 16.7 Å². The molecule has 0 bridgehead atoms. The number of nitrogens with one attached hydrogen (secondary N) is 1. The molecule has 0 saturated heterocycles. The van der Waals surface area contributed by atoms with Gasteiger partial charge < -0.3 is 5.73 Å². The number of benzene rings is 5. The lowest BCUT2D eigenvalue weighted by Crippen LogP contribution is -2.15. The van der Waals surface area contributed by atoms with Crippen LogP contribution in [0.3, 0.4) is 0 Å². The maximum absolute atomic E-state index is 14.2. The highest BCUT2D eigenvalue weighted by Gasteiger charge is 2.24. The van der Waals surface area contributed by atoms with Gasteiger partial charge in [0.25, 0.3) is 10.0 Å². The molecular weight excluding hydrogens is 530 g/mol. The van der Waals surface area contributed by atoms with Crippen LogP contribution in [0.4, 0.5) is 0 Å². The van der Waals surface area contributed by atoms with E-state index in [1.165, 1.54) is 16.1 Å². The Hall–Kier alpha value is -5.70. The maximum atomic E-state index is 14.2. The topological polar surface area (TPSA) is 137 Å². The van der Waals surface area contributed by atoms with Gasteiger partial charge in [-0.3, -0.25) is 5.41 Å². The molecule has 5 aromatic carbocycles. The minimum atomic E-state index is -4.10. The number of nitrogens with two attached hydrogens (primary N) is 1. The third-order valence-electron chi connectivity index (χ3n) is 7.05. The molecule has 7 nitrogen and oxygen atoms in total. The maximum Gasteiger partial charge on any atom is 0.268 e. The zero-order chi connectivity index (χ0) is 28.7. The number of nitriles is 2. The van der Waals surface area contributed by atoms with Crippen LogP contribution in [0.5, 0.6) is 0 Å². The number of fused-ring (bicyclic) bond motifs is 3. The van der Waals surface area contributed by atoms with Gasteiger partial charge in [0, 0.05) is 16.3 Å². The van der Waals surface area contributed by atoms with E-state index in [0.29, 0.717) is 38.5 Å². The van der Waals surface area contributed by atoms with Gasteiger partial charge in [0.15, 0.2) is 0 Å². The lowest BCUT2D eigenvalue weighted by molar-refractivity contribution is 0.590. The van der Waals surface area contributed by atoms with Crippen molar-refractivity contribution >= 4 is 37.7 Å². The van der Waals surface area contributed by atoms with Crippen LogP contribution in [-0.4, -0.2) is 18.2 Å². The monoisotopic (exact) mass is 551 g/mol. The molecule has 0 fully saturated rings. The first-order valence-electron chi connectivity index (χ1n) is 12.6. The van der Waals surface area contributed by atoms with Crippen molar-refractivity contribution in [2.24, 2.45) is 5.73 Å². The van der Waals surface area contributed by atoms with Crippen molar-refractivity contribution in [1.82, 2.24) is 3.97 Å². The van der Waals surface area contributed by atoms with E-state index in [-0.39, 0.29) is 10.7 Å². The quantitative estimate of drug-likeness (QED) is 0.189. The number of aromatic nitrogens is 1. The lowest BCUT2D eigenvalue weighted by atomic mass is 9.99. The second kappa shape index (κ2) is 9.80. The Balaban J connectivity index is 1.65. The van der Waals surface area contributed by atoms with Crippen LogP contribution >= 0.6 is 0 Å². The van der Waals surface area contributed by atoms with Crippen LogP contribution in [0.25, 0.3) is 44.1 Å². The van der Waals surface area contributed by atoms with E-state index in [4.69, 9.17) is 11.1 Å². The number of nitrogen functional groups attached to an aromatic ring is 1. The first kappa shape index (κ1) is 25.6. The molecule has 0 unspecified atom stereocenters. The summed E-state index contributed by atoms with van der Waals surface area (Å²) >= 11 is 0. The zero-order valence-corrected chi connectivity index (χ0v) is 22.4. The molecule has 6 aromatic rings. The second-order valence-corrected chi connectivity index (χ2v) is 11.3. The normalized spacial score (nSPS) is 11.3. The summed E-state index contributed by atoms with van der Waals surface area (Å²) in [5, 5.41) is 28.0. The Kier molecular flexibility index (Phi) is 6.11. The van der Waals surface area contributed by atoms with E-state index in [1.807, 2.05) is 48.5 Å². The molecule has 0 saturated carbocycles. The molecule has 0 aliphatic carbocycles. The van der Waals surface area contributed by atoms with E-state index in [0.717, 1.165) is 22.3 Å². The van der Waals surface area contributed by atoms with Crippen molar-refractivity contribution in [3.63, 3.8) is 0 Å². The van der Waals surface area contributed by atoms with E-state index in [9.17, 15) is 18.9 Å². The number of rotatable bonds is 5. The van der Waals surface area contributed by atoms with Gasteiger partial charge in [-0.2, -0.15) is 10.5 Å². The van der Waals surface area contributed by atoms with Gasteiger partial charge in [0.2, 0.25) is 0 Å². The molecule has 41 heavy (non-hydrogen) atoms. The summed E-state index contributed by atoms with van der Waals surface area (Å²) in [6, 6.07) is 36.0. The molecule has 0 spiro atoms. The highest BCUT2D eigenvalue weighted by molar-refractivity contribution is 7.90. The summed E-state index contributed by atoms with van der Waals surface area (Å²) in [6.45, 7) is 0. The molecule has 0 radical (unpaired) electrons. The van der Waals surface area contributed by atoms with Gasteiger partial charge in [-0.1, -0.05) is 48.5 Å². The van der Waals surface area contributed by atoms with Crippen molar-refractivity contribution in [2.45, 2.75) is 4.90 Å². The Labute approximate surface area is 236 Å². The van der Waals surface area contributed by atoms with E-state index in [2.05, 4.69) is 12.1 Å². The summed E-state index contributed by atoms with van der Waals surface area (Å²) in [6.07, 6.45) is 0. The molecule has 0 amide bonds. The molecule has 1 heterocycles. The van der Waals surface area contributed by atoms with Gasteiger partial charge in [-0.05, 0) is 82.9 Å². The van der Waals surface area contributed by atoms with Crippen LogP contribution in [0, 0.1) is 28.1 Å². The summed E-state index contributed by atoms with van der Waals surface area (Å²) in [5.41, 5.74) is 11.3. The Bertz CT molecular complexity index is 2120. The van der Waals surface area contributed by atoms with Gasteiger partial charge in [-0.15, -0.1) is 0 Å². The van der Waals surface area contributed by atoms with Crippen LogP contribution < -0.4 is 5.73 Å². The summed E-state index contributed by atoms with van der Waals surface area (Å²) in [7, 11) is -4.10. The molecule has 1 aromatic heterocycles. The predicted octanol–water partition coefficient (Wildman–Crippen LogP) is 6.39. The van der Waals surface area contributed by atoms with E-state index >= 15 is 0 Å². The first-order chi connectivity index (χ1) is 19.8. The second-order valence-electron chi connectivity index (χ2n) is 9.56. The van der Waals surface area contributed by atoms with Crippen LogP contribution in [0.15, 0.2) is 114 Å². The highest BCUT2D eigenvalue weighted by atomic mass is 32.2. The van der Waals surface area contributed by atoms with Crippen molar-refractivity contribution in [3.8, 4) is 34.4 Å². The Morgan fingerprint density at radius 1 is 0.659 bits per heavy atom. The fourth-order valence-corrected chi connectivity index (χ4v) is 6.65. The number of hydrogen-bond donors (Lipinski definition) is 2. The van der Waals surface area contributed by atoms with E-state index in [1.54, 1.807) is 48.5 Å². The predicted molar refractivity (Wildman–Crippen MR) is 160 cm³/mol. The standard InChI is InChI=1S/C33H21N5O2S/c34-19-21-4-1-6-23(14-21)25-10-12-31-29(17-25)30-18-26(24-7-2-5-22(15-24)20-35)11-13-32(30)38(31)41(39,40)28-9-3-8-27(16-28)33(36)37/h1-18H,(H3,36,37). The molecule has 3 N–H and O–H groups in total. The zero-order valence-electron chi connectivity index (χ0n) is 21.5. The molecule has 0 atom stereocenters. The number of amidine groups is 1. The van der Waals surface area contributed by atoms with Crippen molar-refractivity contribution < 1.29 is 8.42 Å². The highest BCUT2D eigenvalue weighted by Crippen LogP contribution is 2.37. The average molecular weight is 552 g/mol. The fraction of sp³-hybridized carbons (Fsp3) is 0. The summed E-state index contributed by atoms with van der Waals surface area (Å²) < 4.78 is 29.6. The number of hydrogen-bond acceptors (Lipinski definition) is 5. The largest absolute Gasteiger partial charge is 0.384 e. The van der Waals surface area contributed by atoms with Gasteiger partial charge in [-0.25, -0.2) is 12.4 Å². The van der Waals surface area contributed by atoms with Gasteiger partial charge in [0.05, 0.1) is 39.2 Å². The van der Waals surface area contributed by atoms with E-state index < -0.39 is 10.0 Å². The van der Waals surface area contributed by atoms with Gasteiger partial charge >= 0.3 is 0 Å². The van der Waals surface area contributed by atoms with Crippen LogP contribution in [0.2, 0.25) is 0 Å². The first-order valence-corrected chi connectivity index (χ1v) is 14.0. The number of nitrogens with zero attached hydrogens (tertiary/aromatic N) is 3. The minimum Gasteiger partial charge on any atom is -0.384 e. The molecule has 0 aliphatic heterocycles. The molecule has 8 heteroatoms. The molecular formula is C33H21N5O2S. The van der Waals surface area contributed by atoms with Crippen LogP contribution in [-0.2, 0) is 10.0 Å². The molecule has 196 valence electrons. The molecule has 0 aliphatic rings. The third-order valence-corrected chi connectivity index (χ3v) is 8.78. The third kappa shape index (κ3) is 4.39. The SMILES string of the molecule is N#Cc1cccc(-c2ccc3c(c2)c2cc(-c4cccc(C#N)c4)ccc2n3S(=O)(=O)c2cccc(C(=N)N)c2)c1. The fourth-order valence-electron chi connectivity index (χ4n) is 5.07. The van der Waals surface area contributed by atoms with Gasteiger partial charge in [0.1, 0.15) is 5.84 Å². The Morgan fingerprint density at radius 2 is 1.15 bits per heavy atom. The average Bonchev–Trinajstić information content (AvgIpc) is 3.35. The smallest absolute Gasteiger partial charge is 0.268 e.